The normalized spacial score (nSPS) is 32.6. The lowest BCUT2D eigenvalue weighted by molar-refractivity contribution is -0.331. The molecule has 2 fully saturated rings. The molecule has 1 aliphatic carbocycles. The number of nitrogens with one attached hydrogen (secondary N) is 1. The van der Waals surface area contributed by atoms with Gasteiger partial charge in [-0.1, -0.05) is 30.3 Å². The highest BCUT2D eigenvalue weighted by Gasteiger charge is 2.47. The summed E-state index contributed by atoms with van der Waals surface area (Å²) < 4.78 is 27.1. The Morgan fingerprint density at radius 3 is 2.04 bits per heavy atom. The van der Waals surface area contributed by atoms with Gasteiger partial charge in [-0.05, 0) is 23.3 Å². The molecule has 15 nitrogen and oxygen atoms in total. The first kappa shape index (κ1) is 33.5. The average molecular weight is 636 g/mol. The molecule has 3 aliphatic rings. The SMILES string of the molecule is O=C(NCCOCCO[C@@H]1O[C@H](CO[C@H]2O[C@H](CO)[C@@H](O)[C@H](O)[C@H]2O)[C@@H](O)[C@H](O)[C@H]1O)c1ccc2c(c1)C(=O)c1ccccc1-2. The Hall–Kier alpha value is -2.90. The minimum atomic E-state index is -1.68. The molecule has 10 atom stereocenters. The maximum Gasteiger partial charge on any atom is 0.251 e. The van der Waals surface area contributed by atoms with Crippen LogP contribution in [0.25, 0.3) is 11.1 Å². The van der Waals surface area contributed by atoms with Gasteiger partial charge in [0.05, 0.1) is 33.0 Å². The molecule has 246 valence electrons. The summed E-state index contributed by atoms with van der Waals surface area (Å²) >= 11 is 0. The molecular formula is C30H37NO14. The van der Waals surface area contributed by atoms with Gasteiger partial charge in [0.1, 0.15) is 48.8 Å². The molecule has 15 heteroatoms. The van der Waals surface area contributed by atoms with Gasteiger partial charge >= 0.3 is 0 Å². The molecular weight excluding hydrogens is 598 g/mol. The van der Waals surface area contributed by atoms with Crippen LogP contribution >= 0.6 is 0 Å². The van der Waals surface area contributed by atoms with Crippen LogP contribution in [0.5, 0.6) is 0 Å². The van der Waals surface area contributed by atoms with Crippen molar-refractivity contribution in [2.45, 2.75) is 61.4 Å². The van der Waals surface area contributed by atoms with E-state index < -0.39 is 74.6 Å². The first-order chi connectivity index (χ1) is 21.6. The van der Waals surface area contributed by atoms with Gasteiger partial charge in [-0.3, -0.25) is 9.59 Å². The number of carbonyl (C=O) groups excluding carboxylic acids is 2. The van der Waals surface area contributed by atoms with E-state index in [-0.39, 0.29) is 38.1 Å². The Morgan fingerprint density at radius 2 is 1.33 bits per heavy atom. The summed E-state index contributed by atoms with van der Waals surface area (Å²) in [6, 6.07) is 12.3. The smallest absolute Gasteiger partial charge is 0.251 e. The van der Waals surface area contributed by atoms with Crippen molar-refractivity contribution < 1.29 is 69.0 Å². The van der Waals surface area contributed by atoms with Crippen molar-refractivity contribution >= 4 is 11.7 Å². The van der Waals surface area contributed by atoms with Gasteiger partial charge < -0.3 is 64.7 Å². The summed E-state index contributed by atoms with van der Waals surface area (Å²) in [5.74, 6) is -0.495. The number of benzene rings is 2. The zero-order valence-corrected chi connectivity index (χ0v) is 24.0. The predicted octanol–water partition coefficient (Wildman–Crippen LogP) is -2.71. The highest BCUT2D eigenvalue weighted by Crippen LogP contribution is 2.36. The van der Waals surface area contributed by atoms with E-state index in [2.05, 4.69) is 5.32 Å². The number of rotatable bonds is 12. The maximum atomic E-state index is 12.7. The fourth-order valence-electron chi connectivity index (χ4n) is 5.42. The van der Waals surface area contributed by atoms with Crippen molar-refractivity contribution in [3.05, 3.63) is 59.2 Å². The highest BCUT2D eigenvalue weighted by atomic mass is 16.7. The van der Waals surface area contributed by atoms with Crippen LogP contribution in [-0.2, 0) is 23.7 Å². The summed E-state index contributed by atoms with van der Waals surface area (Å²) in [7, 11) is 0. The van der Waals surface area contributed by atoms with Crippen LogP contribution in [0.15, 0.2) is 42.5 Å². The van der Waals surface area contributed by atoms with Crippen LogP contribution in [0, 0.1) is 0 Å². The molecule has 8 N–H and O–H groups in total. The Labute approximate surface area is 257 Å². The molecule has 5 rings (SSSR count). The second-order valence-corrected chi connectivity index (χ2v) is 10.9. The fraction of sp³-hybridized carbons (Fsp3) is 0.533. The van der Waals surface area contributed by atoms with Crippen molar-refractivity contribution in [2.75, 3.05) is 39.6 Å². The van der Waals surface area contributed by atoms with E-state index in [4.69, 9.17) is 23.7 Å². The van der Waals surface area contributed by atoms with Gasteiger partial charge in [0.15, 0.2) is 18.4 Å². The minimum Gasteiger partial charge on any atom is -0.394 e. The molecule has 45 heavy (non-hydrogen) atoms. The van der Waals surface area contributed by atoms with Gasteiger partial charge in [-0.2, -0.15) is 0 Å². The lowest BCUT2D eigenvalue weighted by Crippen LogP contribution is -2.61. The molecule has 2 heterocycles. The molecule has 2 aromatic rings. The van der Waals surface area contributed by atoms with E-state index in [1.54, 1.807) is 30.3 Å². The van der Waals surface area contributed by atoms with Gasteiger partial charge in [-0.15, -0.1) is 0 Å². The fourth-order valence-corrected chi connectivity index (χ4v) is 5.42. The van der Waals surface area contributed by atoms with Gasteiger partial charge in [0, 0.05) is 23.2 Å². The lowest BCUT2D eigenvalue weighted by Gasteiger charge is -2.42. The molecule has 2 aliphatic heterocycles. The maximum absolute atomic E-state index is 12.7. The Balaban J connectivity index is 1.02. The van der Waals surface area contributed by atoms with E-state index in [9.17, 15) is 45.3 Å². The van der Waals surface area contributed by atoms with Gasteiger partial charge in [0.2, 0.25) is 0 Å². The molecule has 0 bridgehead atoms. The minimum absolute atomic E-state index is 0.0265. The monoisotopic (exact) mass is 635 g/mol. The third kappa shape index (κ3) is 7.10. The van der Waals surface area contributed by atoms with Crippen LogP contribution < -0.4 is 5.32 Å². The lowest BCUT2D eigenvalue weighted by atomic mass is 9.98. The Bertz CT molecular complexity index is 1340. The molecule has 2 aromatic carbocycles. The molecule has 0 radical (unpaired) electrons. The van der Waals surface area contributed by atoms with Crippen LogP contribution in [0.4, 0.5) is 0 Å². The number of ether oxygens (including phenoxy) is 5. The van der Waals surface area contributed by atoms with Gasteiger partial charge in [0.25, 0.3) is 5.91 Å². The molecule has 0 saturated carbocycles. The molecule has 0 spiro atoms. The van der Waals surface area contributed by atoms with E-state index in [0.29, 0.717) is 16.7 Å². The number of amides is 1. The van der Waals surface area contributed by atoms with E-state index in [1.165, 1.54) is 0 Å². The quantitative estimate of drug-likeness (QED) is 0.0946. The Kier molecular flexibility index (Phi) is 10.9. The van der Waals surface area contributed by atoms with Crippen molar-refractivity contribution in [3.8, 4) is 11.1 Å². The second kappa shape index (κ2) is 14.7. The molecule has 0 unspecified atom stereocenters. The molecule has 1 amide bonds. The third-order valence-corrected chi connectivity index (χ3v) is 7.97. The zero-order valence-electron chi connectivity index (χ0n) is 24.0. The average Bonchev–Trinajstić information content (AvgIpc) is 3.34. The summed E-state index contributed by atoms with van der Waals surface area (Å²) in [6.45, 7) is -0.917. The zero-order chi connectivity index (χ0) is 32.2. The molecule has 0 aromatic heterocycles. The summed E-state index contributed by atoms with van der Waals surface area (Å²) in [4.78, 5) is 25.3. The van der Waals surface area contributed by atoms with Gasteiger partial charge in [-0.25, -0.2) is 0 Å². The first-order valence-corrected chi connectivity index (χ1v) is 14.5. The first-order valence-electron chi connectivity index (χ1n) is 14.5. The van der Waals surface area contributed by atoms with Crippen molar-refractivity contribution in [3.63, 3.8) is 0 Å². The summed E-state index contributed by atoms with van der Waals surface area (Å²) in [6.07, 6.45) is -15.2. The number of aliphatic hydroxyl groups excluding tert-OH is 7. The number of ketones is 1. The second-order valence-electron chi connectivity index (χ2n) is 10.9. The Morgan fingerprint density at radius 1 is 0.711 bits per heavy atom. The third-order valence-electron chi connectivity index (χ3n) is 7.97. The van der Waals surface area contributed by atoms with E-state index in [1.807, 2.05) is 12.1 Å². The van der Waals surface area contributed by atoms with Crippen LogP contribution in [0.2, 0.25) is 0 Å². The standard InChI is InChI=1S/C30H37NO14/c32-12-19-22(34)24(36)27(39)30(44-19)43-13-20-23(35)25(37)26(38)29(45-20)42-10-9-41-8-7-31-28(40)14-5-6-16-15-3-1-2-4-17(15)21(33)18(16)11-14/h1-6,11,19-20,22-27,29-30,32,34-39H,7-10,12-13H2,(H,31,40)/t19-,20-,22-,23-,24+,25+,26-,27-,29-,30+/m1/s1. The van der Waals surface area contributed by atoms with Crippen molar-refractivity contribution in [1.29, 1.82) is 0 Å². The topological polar surface area (TPSA) is 234 Å². The van der Waals surface area contributed by atoms with Crippen molar-refractivity contribution in [1.82, 2.24) is 5.32 Å². The number of hydrogen-bond donors (Lipinski definition) is 8. The number of carbonyl (C=O) groups is 2. The van der Waals surface area contributed by atoms with Crippen LogP contribution in [0.1, 0.15) is 26.3 Å². The number of fused-ring (bicyclic) bond motifs is 3. The van der Waals surface area contributed by atoms with E-state index in [0.717, 1.165) is 11.1 Å². The van der Waals surface area contributed by atoms with Crippen molar-refractivity contribution in [2.24, 2.45) is 0 Å². The summed E-state index contributed by atoms with van der Waals surface area (Å²) in [5.41, 5.74) is 3.05. The van der Waals surface area contributed by atoms with Crippen LogP contribution in [-0.4, -0.2) is 148 Å². The largest absolute Gasteiger partial charge is 0.394 e. The molecule has 2 saturated heterocycles. The van der Waals surface area contributed by atoms with E-state index >= 15 is 0 Å². The van der Waals surface area contributed by atoms with Crippen LogP contribution in [0.3, 0.4) is 0 Å². The summed E-state index contributed by atoms with van der Waals surface area (Å²) in [5, 5.41) is 72.8. The number of hydrogen-bond acceptors (Lipinski definition) is 14. The number of aliphatic hydroxyl groups is 7. The highest BCUT2D eigenvalue weighted by molar-refractivity contribution is 6.22. The predicted molar refractivity (Wildman–Crippen MR) is 151 cm³/mol.